The number of anilines is 1. The van der Waals surface area contributed by atoms with E-state index in [0.29, 0.717) is 5.41 Å². The molecule has 1 aliphatic rings. The van der Waals surface area contributed by atoms with Gasteiger partial charge in [0.15, 0.2) is 0 Å². The van der Waals surface area contributed by atoms with Crippen LogP contribution in [0.3, 0.4) is 0 Å². The molecule has 0 radical (unpaired) electrons. The van der Waals surface area contributed by atoms with Crippen LogP contribution in [0, 0.1) is 5.41 Å². The van der Waals surface area contributed by atoms with Crippen LogP contribution >= 0.6 is 0 Å². The lowest BCUT2D eigenvalue weighted by Gasteiger charge is -2.30. The van der Waals surface area contributed by atoms with Gasteiger partial charge >= 0.3 is 0 Å². The Morgan fingerprint density at radius 2 is 2.07 bits per heavy atom. The Bertz CT molecular complexity index is 302. The third-order valence-corrected chi connectivity index (χ3v) is 3.27. The van der Waals surface area contributed by atoms with Gasteiger partial charge < -0.3 is 10.2 Å². The summed E-state index contributed by atoms with van der Waals surface area (Å²) in [5, 5.41) is 3.44. The average molecular weight is 204 g/mol. The van der Waals surface area contributed by atoms with E-state index in [2.05, 4.69) is 54.5 Å². The SMILES string of the molecule is CN(CC1(C)CCNC1)c1ccccc1. The van der Waals surface area contributed by atoms with E-state index in [0.717, 1.165) is 13.1 Å². The molecule has 0 aromatic heterocycles. The molecule has 0 bridgehead atoms. The van der Waals surface area contributed by atoms with Crippen molar-refractivity contribution >= 4 is 5.69 Å². The minimum Gasteiger partial charge on any atom is -0.374 e. The highest BCUT2D eigenvalue weighted by Crippen LogP contribution is 2.27. The van der Waals surface area contributed by atoms with Gasteiger partial charge in [0.25, 0.3) is 0 Å². The van der Waals surface area contributed by atoms with Crippen molar-refractivity contribution in [3.8, 4) is 0 Å². The number of nitrogens with one attached hydrogen (secondary N) is 1. The molecule has 82 valence electrons. The van der Waals surface area contributed by atoms with Crippen LogP contribution in [0.25, 0.3) is 0 Å². The van der Waals surface area contributed by atoms with Crippen LogP contribution in [-0.4, -0.2) is 26.7 Å². The molecule has 1 aliphatic heterocycles. The van der Waals surface area contributed by atoms with E-state index < -0.39 is 0 Å². The monoisotopic (exact) mass is 204 g/mol. The van der Waals surface area contributed by atoms with Crippen LogP contribution in [0.2, 0.25) is 0 Å². The molecule has 0 saturated carbocycles. The Labute approximate surface area is 92.3 Å². The predicted octanol–water partition coefficient (Wildman–Crippen LogP) is 2.12. The largest absolute Gasteiger partial charge is 0.374 e. The normalized spacial score (nSPS) is 25.5. The van der Waals surface area contributed by atoms with E-state index >= 15 is 0 Å². The molecule has 1 unspecified atom stereocenters. The smallest absolute Gasteiger partial charge is 0.0363 e. The lowest BCUT2D eigenvalue weighted by molar-refractivity contribution is 0.371. The van der Waals surface area contributed by atoms with E-state index in [-0.39, 0.29) is 0 Å². The van der Waals surface area contributed by atoms with Gasteiger partial charge in [-0.25, -0.2) is 0 Å². The molecular formula is C13H20N2. The summed E-state index contributed by atoms with van der Waals surface area (Å²) >= 11 is 0. The average Bonchev–Trinajstić information content (AvgIpc) is 2.66. The molecule has 2 rings (SSSR count). The first-order chi connectivity index (χ1) is 7.20. The van der Waals surface area contributed by atoms with Gasteiger partial charge in [0.2, 0.25) is 0 Å². The molecule has 1 saturated heterocycles. The molecule has 2 heteroatoms. The standard InChI is InChI=1S/C13H20N2/c1-13(8-9-14-10-13)11-15(2)12-6-4-3-5-7-12/h3-7,14H,8-11H2,1-2H3. The molecule has 2 nitrogen and oxygen atoms in total. The molecule has 1 fully saturated rings. The summed E-state index contributed by atoms with van der Waals surface area (Å²) < 4.78 is 0. The van der Waals surface area contributed by atoms with E-state index in [4.69, 9.17) is 0 Å². The van der Waals surface area contributed by atoms with Gasteiger partial charge in [0.1, 0.15) is 0 Å². The van der Waals surface area contributed by atoms with Gasteiger partial charge in [-0.15, -0.1) is 0 Å². The van der Waals surface area contributed by atoms with Crippen molar-refractivity contribution < 1.29 is 0 Å². The van der Waals surface area contributed by atoms with Crippen molar-refractivity contribution in [2.75, 3.05) is 31.6 Å². The van der Waals surface area contributed by atoms with Crippen molar-refractivity contribution in [2.45, 2.75) is 13.3 Å². The highest BCUT2D eigenvalue weighted by molar-refractivity contribution is 5.45. The number of rotatable bonds is 3. The van der Waals surface area contributed by atoms with Crippen molar-refractivity contribution in [1.29, 1.82) is 0 Å². The molecule has 0 aliphatic carbocycles. The third kappa shape index (κ3) is 2.51. The maximum atomic E-state index is 3.44. The molecule has 1 heterocycles. The van der Waals surface area contributed by atoms with Gasteiger partial charge in [-0.1, -0.05) is 25.1 Å². The second-order valence-corrected chi connectivity index (χ2v) is 4.93. The zero-order chi connectivity index (χ0) is 10.7. The lowest BCUT2D eigenvalue weighted by atomic mass is 9.89. The van der Waals surface area contributed by atoms with Crippen LogP contribution in [-0.2, 0) is 0 Å². The number of benzene rings is 1. The van der Waals surface area contributed by atoms with E-state index in [9.17, 15) is 0 Å². The van der Waals surface area contributed by atoms with Gasteiger partial charge in [0.05, 0.1) is 0 Å². The lowest BCUT2D eigenvalue weighted by Crippen LogP contribution is -2.35. The summed E-state index contributed by atoms with van der Waals surface area (Å²) in [5.41, 5.74) is 1.75. The first-order valence-electron chi connectivity index (χ1n) is 5.67. The zero-order valence-corrected chi connectivity index (χ0v) is 9.66. The summed E-state index contributed by atoms with van der Waals surface area (Å²) in [6.45, 7) is 5.81. The fraction of sp³-hybridized carbons (Fsp3) is 0.538. The molecular weight excluding hydrogens is 184 g/mol. The molecule has 15 heavy (non-hydrogen) atoms. The quantitative estimate of drug-likeness (QED) is 0.811. The van der Waals surface area contributed by atoms with Crippen molar-refractivity contribution in [1.82, 2.24) is 5.32 Å². The van der Waals surface area contributed by atoms with Crippen molar-refractivity contribution in [3.05, 3.63) is 30.3 Å². The number of hydrogen-bond donors (Lipinski definition) is 1. The fourth-order valence-corrected chi connectivity index (χ4v) is 2.35. The minimum absolute atomic E-state index is 0.435. The second-order valence-electron chi connectivity index (χ2n) is 4.93. The van der Waals surface area contributed by atoms with E-state index in [1.807, 2.05) is 0 Å². The van der Waals surface area contributed by atoms with E-state index in [1.54, 1.807) is 0 Å². The van der Waals surface area contributed by atoms with Gasteiger partial charge in [0, 0.05) is 25.8 Å². The Kier molecular flexibility index (Phi) is 2.96. The Morgan fingerprint density at radius 1 is 1.33 bits per heavy atom. The molecule has 0 amide bonds. The van der Waals surface area contributed by atoms with Gasteiger partial charge in [-0.3, -0.25) is 0 Å². The second kappa shape index (κ2) is 4.23. The van der Waals surface area contributed by atoms with Crippen molar-refractivity contribution in [2.24, 2.45) is 5.41 Å². The molecule has 0 spiro atoms. The summed E-state index contributed by atoms with van der Waals surface area (Å²) in [7, 11) is 2.18. The predicted molar refractivity (Wildman–Crippen MR) is 65.3 cm³/mol. The number of para-hydroxylation sites is 1. The minimum atomic E-state index is 0.435. The maximum absolute atomic E-state index is 3.44. The summed E-state index contributed by atoms with van der Waals surface area (Å²) in [5.74, 6) is 0. The molecule has 1 N–H and O–H groups in total. The summed E-state index contributed by atoms with van der Waals surface area (Å²) in [4.78, 5) is 2.35. The first kappa shape index (κ1) is 10.5. The van der Waals surface area contributed by atoms with Crippen LogP contribution in [0.5, 0.6) is 0 Å². The van der Waals surface area contributed by atoms with Crippen LogP contribution in [0.15, 0.2) is 30.3 Å². The number of hydrogen-bond acceptors (Lipinski definition) is 2. The van der Waals surface area contributed by atoms with Crippen LogP contribution in [0.1, 0.15) is 13.3 Å². The van der Waals surface area contributed by atoms with E-state index in [1.165, 1.54) is 18.7 Å². The van der Waals surface area contributed by atoms with Crippen LogP contribution in [0.4, 0.5) is 5.69 Å². The highest BCUT2D eigenvalue weighted by Gasteiger charge is 2.29. The van der Waals surface area contributed by atoms with Crippen LogP contribution < -0.4 is 10.2 Å². The molecule has 1 aromatic carbocycles. The molecule has 1 aromatic rings. The van der Waals surface area contributed by atoms with Gasteiger partial charge in [-0.05, 0) is 30.5 Å². The highest BCUT2D eigenvalue weighted by atomic mass is 15.1. The first-order valence-corrected chi connectivity index (χ1v) is 5.67. The number of nitrogens with zero attached hydrogens (tertiary/aromatic N) is 1. The Morgan fingerprint density at radius 3 is 2.67 bits per heavy atom. The van der Waals surface area contributed by atoms with Crippen molar-refractivity contribution in [3.63, 3.8) is 0 Å². The zero-order valence-electron chi connectivity index (χ0n) is 9.66. The fourth-order valence-electron chi connectivity index (χ4n) is 2.35. The topological polar surface area (TPSA) is 15.3 Å². The molecule has 1 atom stereocenters. The summed E-state index contributed by atoms with van der Waals surface area (Å²) in [6.07, 6.45) is 1.28. The third-order valence-electron chi connectivity index (χ3n) is 3.27. The van der Waals surface area contributed by atoms with Gasteiger partial charge in [-0.2, -0.15) is 0 Å². The Balaban J connectivity index is 2.00. The maximum Gasteiger partial charge on any atom is 0.0363 e. The summed E-state index contributed by atoms with van der Waals surface area (Å²) in [6, 6.07) is 10.6. The Hall–Kier alpha value is -1.02.